The summed E-state index contributed by atoms with van der Waals surface area (Å²) in [4.78, 5) is 0. The van der Waals surface area contributed by atoms with Crippen molar-refractivity contribution in [1.29, 1.82) is 0 Å². The maximum Gasteiger partial charge on any atom is 0.0876 e. The molecule has 0 N–H and O–H groups in total. The summed E-state index contributed by atoms with van der Waals surface area (Å²) >= 11 is 0. The normalized spacial score (nSPS) is 80.0. The molecule has 0 spiro atoms. The summed E-state index contributed by atoms with van der Waals surface area (Å²) in [5.74, 6) is 3.77. The molecule has 64 valence electrons. The van der Waals surface area contributed by atoms with E-state index in [0.717, 1.165) is 23.7 Å². The number of hydrogen-bond acceptors (Lipinski definition) is 2. The minimum absolute atomic E-state index is 0.676. The highest BCUT2D eigenvalue weighted by Crippen LogP contribution is 2.69. The molecule has 3 saturated carbocycles. The smallest absolute Gasteiger partial charge is 0.0876 e. The average molecular weight is 164 g/mol. The van der Waals surface area contributed by atoms with Gasteiger partial charge in [0.1, 0.15) is 0 Å². The second-order valence-electron chi connectivity index (χ2n) is 5.24. The van der Waals surface area contributed by atoms with Crippen LogP contribution >= 0.6 is 0 Å². The van der Waals surface area contributed by atoms with E-state index in [1.807, 2.05) is 0 Å². The quantitative estimate of drug-likeness (QED) is 0.495. The zero-order valence-corrected chi connectivity index (χ0v) is 6.85. The van der Waals surface area contributed by atoms with Gasteiger partial charge in [0.25, 0.3) is 0 Å². The molecule has 0 radical (unpaired) electrons. The number of ether oxygens (including phenoxy) is 2. The lowest BCUT2D eigenvalue weighted by atomic mass is 9.81. The third kappa shape index (κ3) is 0.409. The summed E-state index contributed by atoms with van der Waals surface area (Å²) < 4.78 is 11.3. The van der Waals surface area contributed by atoms with Crippen LogP contribution in [0.1, 0.15) is 12.8 Å². The van der Waals surface area contributed by atoms with E-state index in [-0.39, 0.29) is 0 Å². The van der Waals surface area contributed by atoms with Gasteiger partial charge in [-0.3, -0.25) is 0 Å². The Labute approximate surface area is 71.2 Å². The molecule has 12 heavy (non-hydrogen) atoms. The second-order valence-corrected chi connectivity index (χ2v) is 5.24. The van der Waals surface area contributed by atoms with Gasteiger partial charge in [-0.15, -0.1) is 0 Å². The van der Waals surface area contributed by atoms with Crippen LogP contribution in [0, 0.1) is 23.7 Å². The topological polar surface area (TPSA) is 25.1 Å². The molecule has 5 fully saturated rings. The van der Waals surface area contributed by atoms with E-state index in [2.05, 4.69) is 0 Å². The monoisotopic (exact) mass is 164 g/mol. The predicted octanol–water partition coefficient (Wildman–Crippen LogP) is 0.807. The maximum absolute atomic E-state index is 5.69. The van der Waals surface area contributed by atoms with Gasteiger partial charge in [-0.1, -0.05) is 0 Å². The van der Waals surface area contributed by atoms with Crippen molar-refractivity contribution in [1.82, 2.24) is 0 Å². The van der Waals surface area contributed by atoms with Gasteiger partial charge >= 0.3 is 0 Å². The molecule has 2 bridgehead atoms. The van der Waals surface area contributed by atoms with Crippen molar-refractivity contribution in [3.63, 3.8) is 0 Å². The molecule has 5 aliphatic rings. The Morgan fingerprint density at radius 3 is 2.67 bits per heavy atom. The zero-order valence-electron chi connectivity index (χ0n) is 6.85. The van der Waals surface area contributed by atoms with Crippen LogP contribution in [-0.2, 0) is 9.47 Å². The number of rotatable bonds is 0. The molecule has 0 unspecified atom stereocenters. The van der Waals surface area contributed by atoms with Crippen LogP contribution in [0.25, 0.3) is 0 Å². The lowest BCUT2D eigenvalue weighted by molar-refractivity contribution is 0.162. The first-order valence-corrected chi connectivity index (χ1v) is 5.24. The van der Waals surface area contributed by atoms with Crippen molar-refractivity contribution >= 4 is 0 Å². The van der Waals surface area contributed by atoms with Crippen molar-refractivity contribution in [3.05, 3.63) is 0 Å². The highest BCUT2D eigenvalue weighted by Gasteiger charge is 2.74. The van der Waals surface area contributed by atoms with Gasteiger partial charge in [0, 0.05) is 0 Å². The number of hydrogen-bond donors (Lipinski definition) is 0. The molecular formula is C10H12O2. The molecule has 8 atom stereocenters. The van der Waals surface area contributed by atoms with E-state index in [9.17, 15) is 0 Å². The summed E-state index contributed by atoms with van der Waals surface area (Å²) in [6.07, 6.45) is 5.58. The Morgan fingerprint density at radius 1 is 0.750 bits per heavy atom. The number of epoxide rings is 2. The molecule has 5 rings (SSSR count). The van der Waals surface area contributed by atoms with E-state index in [1.54, 1.807) is 0 Å². The first-order valence-electron chi connectivity index (χ1n) is 5.24. The summed E-state index contributed by atoms with van der Waals surface area (Å²) in [6.45, 7) is 0. The van der Waals surface area contributed by atoms with Gasteiger partial charge in [-0.25, -0.2) is 0 Å². The highest BCUT2D eigenvalue weighted by molar-refractivity contribution is 5.21. The molecule has 0 aromatic rings. The van der Waals surface area contributed by atoms with Crippen LogP contribution in [0.5, 0.6) is 0 Å². The van der Waals surface area contributed by atoms with Gasteiger partial charge in [-0.05, 0) is 36.5 Å². The van der Waals surface area contributed by atoms with Crippen LogP contribution in [0.4, 0.5) is 0 Å². The molecule has 0 aromatic heterocycles. The highest BCUT2D eigenvalue weighted by atomic mass is 16.6. The fourth-order valence-electron chi connectivity index (χ4n) is 4.58. The van der Waals surface area contributed by atoms with Crippen LogP contribution in [0.15, 0.2) is 0 Å². The van der Waals surface area contributed by atoms with Crippen molar-refractivity contribution in [2.24, 2.45) is 23.7 Å². The van der Waals surface area contributed by atoms with Crippen molar-refractivity contribution in [3.8, 4) is 0 Å². The predicted molar refractivity (Wildman–Crippen MR) is 40.5 cm³/mol. The Hall–Kier alpha value is -0.0800. The molecule has 2 heterocycles. The molecule has 2 nitrogen and oxygen atoms in total. The maximum atomic E-state index is 5.69. The second kappa shape index (κ2) is 1.38. The van der Waals surface area contributed by atoms with E-state index >= 15 is 0 Å². The fraction of sp³-hybridized carbons (Fsp3) is 1.00. The van der Waals surface area contributed by atoms with E-state index in [4.69, 9.17) is 9.47 Å². The number of fused-ring (bicyclic) bond motifs is 10. The SMILES string of the molecule is C1[C@@H]2[C@@H]3C[C@H]4O[C@@H]4[C@@H]3[C@@H]1[C@H]1O[C@H]21. The van der Waals surface area contributed by atoms with Crippen molar-refractivity contribution < 1.29 is 9.47 Å². The van der Waals surface area contributed by atoms with Crippen LogP contribution in [0.3, 0.4) is 0 Å². The minimum Gasteiger partial charge on any atom is -0.369 e. The van der Waals surface area contributed by atoms with Crippen LogP contribution in [0.2, 0.25) is 0 Å². The Balaban J connectivity index is 1.66. The molecule has 0 amide bonds. The zero-order chi connectivity index (χ0) is 7.45. The van der Waals surface area contributed by atoms with Gasteiger partial charge in [0.15, 0.2) is 0 Å². The molecule has 3 aliphatic carbocycles. The third-order valence-electron chi connectivity index (χ3n) is 4.99. The van der Waals surface area contributed by atoms with Gasteiger partial charge in [0.05, 0.1) is 24.4 Å². The van der Waals surface area contributed by atoms with Gasteiger partial charge < -0.3 is 9.47 Å². The van der Waals surface area contributed by atoms with E-state index < -0.39 is 0 Å². The summed E-state index contributed by atoms with van der Waals surface area (Å²) in [5.41, 5.74) is 0. The summed E-state index contributed by atoms with van der Waals surface area (Å²) in [7, 11) is 0. The summed E-state index contributed by atoms with van der Waals surface area (Å²) in [5, 5.41) is 0. The third-order valence-corrected chi connectivity index (χ3v) is 4.99. The molecule has 0 aromatic carbocycles. The van der Waals surface area contributed by atoms with Crippen LogP contribution in [-0.4, -0.2) is 24.4 Å². The Morgan fingerprint density at radius 2 is 1.67 bits per heavy atom. The lowest BCUT2D eigenvalue weighted by Gasteiger charge is -2.22. The molecule has 2 heteroatoms. The Bertz CT molecular complexity index is 273. The van der Waals surface area contributed by atoms with E-state index in [1.165, 1.54) is 12.8 Å². The first-order chi connectivity index (χ1) is 5.93. The first kappa shape index (κ1) is 5.61. The lowest BCUT2D eigenvalue weighted by Crippen LogP contribution is -2.27. The van der Waals surface area contributed by atoms with Gasteiger partial charge in [-0.2, -0.15) is 0 Å². The average Bonchev–Trinajstić information content (AvgIpc) is 2.92. The van der Waals surface area contributed by atoms with Crippen LogP contribution < -0.4 is 0 Å². The van der Waals surface area contributed by atoms with Gasteiger partial charge in [0.2, 0.25) is 0 Å². The van der Waals surface area contributed by atoms with Crippen molar-refractivity contribution in [2.75, 3.05) is 0 Å². The Kier molecular flexibility index (Phi) is 0.644. The molecular weight excluding hydrogens is 152 g/mol. The van der Waals surface area contributed by atoms with E-state index in [0.29, 0.717) is 24.4 Å². The largest absolute Gasteiger partial charge is 0.369 e. The molecule has 2 saturated heterocycles. The summed E-state index contributed by atoms with van der Waals surface area (Å²) in [6, 6.07) is 0. The standard InChI is InChI=1S/C10H12O2/c1-4-3-2-6-10(11-6)7(3)5(1)9-8(4)12-9/h3-10H,1-2H2/t3-,4+,5+,6+,7-,8+,9+,10-/m0/s1. The molecule has 2 aliphatic heterocycles. The minimum atomic E-state index is 0.676. The fourth-order valence-corrected chi connectivity index (χ4v) is 4.58. The van der Waals surface area contributed by atoms with Crippen molar-refractivity contribution in [2.45, 2.75) is 37.3 Å².